The SMILES string of the molecule is CCOC(=O)C1=C(C)N=c2s/c(=C\c3cccs3)c(=O)n2C1c1cccc(OC)c1OC. The van der Waals surface area contributed by atoms with Gasteiger partial charge in [-0.25, -0.2) is 9.79 Å². The third-order valence-electron chi connectivity index (χ3n) is 5.06. The quantitative estimate of drug-likeness (QED) is 0.518. The van der Waals surface area contributed by atoms with Gasteiger partial charge in [0.05, 0.1) is 36.6 Å². The standard InChI is InChI=1S/C23H22N2O5S2/c1-5-30-22(27)18-13(2)24-23-25(21(26)17(32-23)12-14-8-7-11-31-14)19(18)15-9-6-10-16(28-3)20(15)29-4/h6-12,19H,5H2,1-4H3/b17-12-. The van der Waals surface area contributed by atoms with E-state index in [-0.39, 0.29) is 12.2 Å². The highest BCUT2D eigenvalue weighted by atomic mass is 32.1. The number of hydrogen-bond acceptors (Lipinski definition) is 8. The maximum absolute atomic E-state index is 13.6. The van der Waals surface area contributed by atoms with Gasteiger partial charge in [-0.1, -0.05) is 29.5 Å². The summed E-state index contributed by atoms with van der Waals surface area (Å²) in [6.07, 6.45) is 1.84. The van der Waals surface area contributed by atoms with E-state index in [2.05, 4.69) is 4.99 Å². The first kappa shape index (κ1) is 22.0. The molecule has 7 nitrogen and oxygen atoms in total. The lowest BCUT2D eigenvalue weighted by atomic mass is 9.94. The Kier molecular flexibility index (Phi) is 6.29. The van der Waals surface area contributed by atoms with E-state index in [0.29, 0.717) is 37.7 Å². The second kappa shape index (κ2) is 9.13. The largest absolute Gasteiger partial charge is 0.493 e. The average molecular weight is 471 g/mol. The molecule has 1 unspecified atom stereocenters. The summed E-state index contributed by atoms with van der Waals surface area (Å²) in [6, 6.07) is 8.50. The number of thiophene rings is 1. The maximum atomic E-state index is 13.6. The Morgan fingerprint density at radius 1 is 1.22 bits per heavy atom. The molecule has 0 saturated heterocycles. The lowest BCUT2D eigenvalue weighted by Gasteiger charge is -2.26. The van der Waals surface area contributed by atoms with Crippen molar-refractivity contribution < 1.29 is 19.0 Å². The number of allylic oxidation sites excluding steroid dienone is 1. The zero-order valence-electron chi connectivity index (χ0n) is 18.1. The van der Waals surface area contributed by atoms with Gasteiger partial charge in [-0.15, -0.1) is 11.3 Å². The Labute approximate surface area is 192 Å². The minimum Gasteiger partial charge on any atom is -0.493 e. The van der Waals surface area contributed by atoms with E-state index < -0.39 is 12.0 Å². The van der Waals surface area contributed by atoms with E-state index in [1.807, 2.05) is 29.7 Å². The van der Waals surface area contributed by atoms with Crippen molar-refractivity contribution in [2.24, 2.45) is 4.99 Å². The molecule has 1 aromatic carbocycles. The molecule has 0 fully saturated rings. The van der Waals surface area contributed by atoms with Crippen molar-refractivity contribution in [1.29, 1.82) is 0 Å². The van der Waals surface area contributed by atoms with Gasteiger partial charge >= 0.3 is 5.97 Å². The molecule has 0 saturated carbocycles. The molecule has 3 heterocycles. The minimum atomic E-state index is -0.763. The van der Waals surface area contributed by atoms with E-state index >= 15 is 0 Å². The van der Waals surface area contributed by atoms with Gasteiger partial charge in [0.25, 0.3) is 5.56 Å². The molecule has 0 aliphatic carbocycles. The van der Waals surface area contributed by atoms with Crippen LogP contribution in [0, 0.1) is 0 Å². The Bertz CT molecular complexity index is 1370. The second-order valence-electron chi connectivity index (χ2n) is 6.90. The number of carbonyl (C=O) groups is 1. The number of benzene rings is 1. The van der Waals surface area contributed by atoms with Crippen LogP contribution in [0.15, 0.2) is 56.8 Å². The Morgan fingerprint density at radius 3 is 2.69 bits per heavy atom. The third kappa shape index (κ3) is 3.78. The molecule has 166 valence electrons. The first-order valence-corrected chi connectivity index (χ1v) is 11.6. The molecule has 0 amide bonds. The van der Waals surface area contributed by atoms with Gasteiger partial charge < -0.3 is 14.2 Å². The van der Waals surface area contributed by atoms with E-state index in [1.165, 1.54) is 18.4 Å². The average Bonchev–Trinajstić information content (AvgIpc) is 3.40. The van der Waals surface area contributed by atoms with E-state index in [9.17, 15) is 9.59 Å². The zero-order chi connectivity index (χ0) is 22.8. The van der Waals surface area contributed by atoms with Crippen LogP contribution in [0.2, 0.25) is 0 Å². The first-order valence-electron chi connectivity index (χ1n) is 9.94. The summed E-state index contributed by atoms with van der Waals surface area (Å²) >= 11 is 2.83. The number of para-hydroxylation sites is 1. The molecule has 1 aliphatic heterocycles. The molecule has 3 aromatic rings. The van der Waals surface area contributed by atoms with Gasteiger partial charge in [-0.3, -0.25) is 9.36 Å². The number of rotatable bonds is 6. The first-order chi connectivity index (χ1) is 15.5. The molecule has 0 bridgehead atoms. The normalized spacial score (nSPS) is 15.9. The highest BCUT2D eigenvalue weighted by Crippen LogP contribution is 2.40. The van der Waals surface area contributed by atoms with Crippen molar-refractivity contribution in [1.82, 2.24) is 4.57 Å². The zero-order valence-corrected chi connectivity index (χ0v) is 19.7. The lowest BCUT2D eigenvalue weighted by Crippen LogP contribution is -2.40. The summed E-state index contributed by atoms with van der Waals surface area (Å²) in [5.41, 5.74) is 1.19. The summed E-state index contributed by atoms with van der Waals surface area (Å²) in [7, 11) is 3.07. The fourth-order valence-electron chi connectivity index (χ4n) is 3.72. The van der Waals surface area contributed by atoms with Crippen LogP contribution in [-0.4, -0.2) is 31.4 Å². The van der Waals surface area contributed by atoms with Crippen molar-refractivity contribution in [3.63, 3.8) is 0 Å². The van der Waals surface area contributed by atoms with Crippen LogP contribution in [-0.2, 0) is 9.53 Å². The van der Waals surface area contributed by atoms with Gasteiger partial charge in [-0.05, 0) is 37.4 Å². The van der Waals surface area contributed by atoms with Gasteiger partial charge in [0, 0.05) is 10.4 Å². The van der Waals surface area contributed by atoms with E-state index in [0.717, 1.165) is 4.88 Å². The predicted molar refractivity (Wildman–Crippen MR) is 124 cm³/mol. The van der Waals surface area contributed by atoms with Gasteiger partial charge in [0.15, 0.2) is 16.3 Å². The number of hydrogen-bond donors (Lipinski definition) is 0. The van der Waals surface area contributed by atoms with Crippen molar-refractivity contribution >= 4 is 34.7 Å². The number of carbonyl (C=O) groups excluding carboxylic acids is 1. The number of aromatic nitrogens is 1. The molecule has 9 heteroatoms. The van der Waals surface area contributed by atoms with Gasteiger partial charge in [-0.2, -0.15) is 0 Å². The van der Waals surface area contributed by atoms with Crippen LogP contribution in [0.4, 0.5) is 0 Å². The molecule has 4 rings (SSSR count). The third-order valence-corrected chi connectivity index (χ3v) is 6.86. The monoisotopic (exact) mass is 470 g/mol. The summed E-state index contributed by atoms with van der Waals surface area (Å²) in [6.45, 7) is 3.70. The summed E-state index contributed by atoms with van der Waals surface area (Å²) in [5.74, 6) is 0.434. The van der Waals surface area contributed by atoms with Crippen molar-refractivity contribution in [2.75, 3.05) is 20.8 Å². The molecule has 1 atom stereocenters. The number of ether oxygens (including phenoxy) is 3. The molecule has 1 aliphatic rings. The summed E-state index contributed by atoms with van der Waals surface area (Å²) in [4.78, 5) is 32.6. The number of methoxy groups -OCH3 is 2. The van der Waals surface area contributed by atoms with Crippen molar-refractivity contribution in [3.05, 3.63) is 77.1 Å². The Balaban J connectivity index is 2.03. The van der Waals surface area contributed by atoms with Gasteiger partial charge in [0.1, 0.15) is 6.04 Å². The van der Waals surface area contributed by atoms with Crippen LogP contribution >= 0.6 is 22.7 Å². The summed E-state index contributed by atoms with van der Waals surface area (Å²) < 4.78 is 18.5. The van der Waals surface area contributed by atoms with Crippen LogP contribution in [0.5, 0.6) is 11.5 Å². The topological polar surface area (TPSA) is 79.1 Å². The fourth-order valence-corrected chi connectivity index (χ4v) is 5.49. The number of nitrogens with zero attached hydrogens (tertiary/aromatic N) is 2. The number of fused-ring (bicyclic) bond motifs is 1. The predicted octanol–water partition coefficient (Wildman–Crippen LogP) is 2.88. The van der Waals surface area contributed by atoms with Gasteiger partial charge in [0.2, 0.25) is 0 Å². The highest BCUT2D eigenvalue weighted by Gasteiger charge is 2.35. The van der Waals surface area contributed by atoms with Crippen LogP contribution in [0.1, 0.15) is 30.3 Å². The molecule has 0 N–H and O–H groups in total. The molecule has 2 aromatic heterocycles. The smallest absolute Gasteiger partial charge is 0.338 e. The highest BCUT2D eigenvalue weighted by molar-refractivity contribution is 7.11. The maximum Gasteiger partial charge on any atom is 0.338 e. The van der Waals surface area contributed by atoms with Crippen molar-refractivity contribution in [3.8, 4) is 11.5 Å². The van der Waals surface area contributed by atoms with Crippen LogP contribution in [0.3, 0.4) is 0 Å². The molecule has 32 heavy (non-hydrogen) atoms. The number of esters is 1. The molecular weight excluding hydrogens is 448 g/mol. The fraction of sp³-hybridized carbons (Fsp3) is 0.261. The Morgan fingerprint density at radius 2 is 2.03 bits per heavy atom. The number of thiazole rings is 1. The molecular formula is C23H22N2O5S2. The lowest BCUT2D eigenvalue weighted by molar-refractivity contribution is -0.139. The van der Waals surface area contributed by atoms with Crippen molar-refractivity contribution in [2.45, 2.75) is 19.9 Å². The minimum absolute atomic E-state index is 0.209. The summed E-state index contributed by atoms with van der Waals surface area (Å²) in [5, 5.41) is 1.95. The molecule has 0 spiro atoms. The van der Waals surface area contributed by atoms with Crippen LogP contribution < -0.4 is 24.4 Å². The van der Waals surface area contributed by atoms with E-state index in [1.54, 1.807) is 49.0 Å². The van der Waals surface area contributed by atoms with Crippen LogP contribution in [0.25, 0.3) is 6.08 Å². The van der Waals surface area contributed by atoms with E-state index in [4.69, 9.17) is 14.2 Å². The second-order valence-corrected chi connectivity index (χ2v) is 8.89. The Hall–Kier alpha value is -3.17. The molecule has 0 radical (unpaired) electrons.